The molecule has 3 rings (SSSR count). The van der Waals surface area contributed by atoms with Crippen molar-refractivity contribution in [2.24, 2.45) is 15.7 Å². The summed E-state index contributed by atoms with van der Waals surface area (Å²) >= 11 is 0. The van der Waals surface area contributed by atoms with Gasteiger partial charge in [0.25, 0.3) is 15.9 Å². The zero-order chi connectivity index (χ0) is 18.4. The Morgan fingerprint density at radius 2 is 2.00 bits per heavy atom. The van der Waals surface area contributed by atoms with E-state index in [0.29, 0.717) is 24.4 Å². The third kappa shape index (κ3) is 3.08. The lowest BCUT2D eigenvalue weighted by Crippen LogP contribution is -2.42. The van der Waals surface area contributed by atoms with Gasteiger partial charge in [-0.15, -0.1) is 4.40 Å². The lowest BCUT2D eigenvalue weighted by molar-refractivity contribution is -0.151. The molecule has 0 aromatic rings. The second-order valence-corrected chi connectivity index (χ2v) is 8.69. The standard InChI is InChI=1S/C16H21N3O5S/c1-11(2)16(15(21)22)5-6-19(10-16)14(20)12-3-4-13-17-25(23,24)8-7-18(13)9-12/h3-4,9,11H,5-8,10H2,1-2H3,(H,21,22). The van der Waals surface area contributed by atoms with Crippen LogP contribution in [-0.2, 0) is 19.6 Å². The van der Waals surface area contributed by atoms with Crippen LogP contribution in [0.2, 0.25) is 0 Å². The summed E-state index contributed by atoms with van der Waals surface area (Å²) < 4.78 is 26.7. The summed E-state index contributed by atoms with van der Waals surface area (Å²) in [4.78, 5) is 27.7. The van der Waals surface area contributed by atoms with Crippen molar-refractivity contribution in [3.05, 3.63) is 23.9 Å². The fourth-order valence-electron chi connectivity index (χ4n) is 3.41. The number of hydrogen-bond donors (Lipinski definition) is 1. The Morgan fingerprint density at radius 1 is 1.28 bits per heavy atom. The van der Waals surface area contributed by atoms with Gasteiger partial charge in [-0.1, -0.05) is 13.8 Å². The minimum atomic E-state index is -3.44. The average Bonchev–Trinajstić information content (AvgIpc) is 2.99. The van der Waals surface area contributed by atoms with Crippen LogP contribution in [0.5, 0.6) is 0 Å². The van der Waals surface area contributed by atoms with Gasteiger partial charge in [0.15, 0.2) is 0 Å². The van der Waals surface area contributed by atoms with Crippen LogP contribution in [-0.4, -0.2) is 66.4 Å². The normalized spacial score (nSPS) is 27.8. The molecule has 0 bridgehead atoms. The van der Waals surface area contributed by atoms with E-state index < -0.39 is 21.4 Å². The number of carboxylic acid groups (broad SMARTS) is 1. The Bertz CT molecular complexity index is 812. The largest absolute Gasteiger partial charge is 0.481 e. The van der Waals surface area contributed by atoms with Crippen LogP contribution in [0.25, 0.3) is 0 Å². The van der Waals surface area contributed by atoms with Gasteiger partial charge in [-0.25, -0.2) is 8.42 Å². The van der Waals surface area contributed by atoms with Gasteiger partial charge in [-0.3, -0.25) is 9.59 Å². The summed E-state index contributed by atoms with van der Waals surface area (Å²) in [5.41, 5.74) is -0.511. The summed E-state index contributed by atoms with van der Waals surface area (Å²) in [5.74, 6) is -0.994. The first-order valence-electron chi connectivity index (χ1n) is 8.16. The van der Waals surface area contributed by atoms with E-state index in [2.05, 4.69) is 4.40 Å². The van der Waals surface area contributed by atoms with E-state index in [4.69, 9.17) is 0 Å². The summed E-state index contributed by atoms with van der Waals surface area (Å²) in [6, 6.07) is 0. The maximum atomic E-state index is 12.8. The van der Waals surface area contributed by atoms with E-state index in [0.717, 1.165) is 0 Å². The Labute approximate surface area is 146 Å². The van der Waals surface area contributed by atoms with Crippen molar-refractivity contribution in [1.29, 1.82) is 0 Å². The van der Waals surface area contributed by atoms with Crippen molar-refractivity contribution in [2.75, 3.05) is 25.4 Å². The molecular weight excluding hydrogens is 346 g/mol. The Balaban J connectivity index is 1.79. The molecule has 9 heteroatoms. The van der Waals surface area contributed by atoms with E-state index in [1.54, 1.807) is 16.0 Å². The molecule has 25 heavy (non-hydrogen) atoms. The number of sulfonamides is 1. The number of carbonyl (C=O) groups excluding carboxylic acids is 1. The Hall–Kier alpha value is -2.16. The number of hydrogen-bond acceptors (Lipinski definition) is 5. The van der Waals surface area contributed by atoms with Crippen molar-refractivity contribution < 1.29 is 23.1 Å². The lowest BCUT2D eigenvalue weighted by atomic mass is 9.76. The first-order valence-corrected chi connectivity index (χ1v) is 9.77. The number of aliphatic carboxylic acids is 1. The van der Waals surface area contributed by atoms with Gasteiger partial charge in [-0.05, 0) is 24.5 Å². The molecule has 3 aliphatic heterocycles. The number of likely N-dealkylation sites (tertiary alicyclic amines) is 1. The van der Waals surface area contributed by atoms with Gasteiger partial charge in [-0.2, -0.15) is 0 Å². The molecule has 136 valence electrons. The van der Waals surface area contributed by atoms with E-state index in [9.17, 15) is 23.1 Å². The van der Waals surface area contributed by atoms with Crippen LogP contribution >= 0.6 is 0 Å². The van der Waals surface area contributed by atoms with E-state index in [1.165, 1.54) is 12.2 Å². The SMILES string of the molecule is CC(C)C1(C(=O)O)CCN(C(=O)C2=CN3CCS(=O)(=O)N=C3C=C2)C1. The van der Waals surface area contributed by atoms with Crippen LogP contribution in [0, 0.1) is 11.3 Å². The predicted octanol–water partition coefficient (Wildman–Crippen LogP) is 0.443. The second-order valence-electron chi connectivity index (χ2n) is 6.94. The molecule has 3 heterocycles. The average molecular weight is 367 g/mol. The molecule has 0 aliphatic carbocycles. The minimum Gasteiger partial charge on any atom is -0.481 e. The molecule has 1 N–H and O–H groups in total. The highest BCUT2D eigenvalue weighted by atomic mass is 32.2. The number of amidine groups is 1. The van der Waals surface area contributed by atoms with E-state index in [1.807, 2.05) is 13.8 Å². The summed E-state index contributed by atoms with van der Waals surface area (Å²) in [6.45, 7) is 4.54. The molecule has 1 unspecified atom stereocenters. The van der Waals surface area contributed by atoms with Gasteiger partial charge in [0.05, 0.1) is 16.7 Å². The topological polar surface area (TPSA) is 107 Å². The van der Waals surface area contributed by atoms with Crippen LogP contribution < -0.4 is 0 Å². The van der Waals surface area contributed by atoms with Crippen LogP contribution in [0.4, 0.5) is 0 Å². The zero-order valence-electron chi connectivity index (χ0n) is 14.2. The number of fused-ring (bicyclic) bond motifs is 1. The van der Waals surface area contributed by atoms with Crippen LogP contribution in [0.15, 0.2) is 28.3 Å². The van der Waals surface area contributed by atoms with Gasteiger partial charge in [0.1, 0.15) is 5.84 Å². The number of rotatable bonds is 3. The molecule has 1 atom stereocenters. The lowest BCUT2D eigenvalue weighted by Gasteiger charge is -2.30. The Morgan fingerprint density at radius 3 is 2.60 bits per heavy atom. The van der Waals surface area contributed by atoms with Crippen LogP contribution in [0.3, 0.4) is 0 Å². The molecule has 0 aromatic heterocycles. The molecule has 3 aliphatic rings. The van der Waals surface area contributed by atoms with Gasteiger partial charge < -0.3 is 14.9 Å². The maximum absolute atomic E-state index is 12.8. The first-order chi connectivity index (χ1) is 11.6. The molecule has 0 spiro atoms. The quantitative estimate of drug-likeness (QED) is 0.776. The fraction of sp³-hybridized carbons (Fsp3) is 0.562. The van der Waals surface area contributed by atoms with Gasteiger partial charge >= 0.3 is 5.97 Å². The molecular formula is C16H21N3O5S. The predicted molar refractivity (Wildman–Crippen MR) is 91.3 cm³/mol. The molecule has 0 aromatic carbocycles. The molecule has 1 fully saturated rings. The number of amides is 1. The third-order valence-corrected chi connectivity index (χ3v) is 6.35. The van der Waals surface area contributed by atoms with Crippen molar-refractivity contribution >= 4 is 27.7 Å². The monoisotopic (exact) mass is 367 g/mol. The van der Waals surface area contributed by atoms with Crippen molar-refractivity contribution in [3.63, 3.8) is 0 Å². The van der Waals surface area contributed by atoms with Gasteiger partial charge in [0, 0.05) is 25.8 Å². The van der Waals surface area contributed by atoms with Crippen LogP contribution in [0.1, 0.15) is 20.3 Å². The second kappa shape index (κ2) is 5.98. The van der Waals surface area contributed by atoms with Crippen molar-refractivity contribution in [3.8, 4) is 0 Å². The highest BCUT2D eigenvalue weighted by Crippen LogP contribution is 2.38. The fourth-order valence-corrected chi connectivity index (χ4v) is 4.38. The smallest absolute Gasteiger partial charge is 0.311 e. The van der Waals surface area contributed by atoms with Crippen molar-refractivity contribution in [2.45, 2.75) is 20.3 Å². The van der Waals surface area contributed by atoms with E-state index in [-0.39, 0.29) is 30.7 Å². The molecule has 1 saturated heterocycles. The summed E-state index contributed by atoms with van der Waals surface area (Å²) in [7, 11) is -3.44. The highest BCUT2D eigenvalue weighted by molar-refractivity contribution is 7.90. The number of carboxylic acids is 1. The first kappa shape index (κ1) is 17.7. The Kier molecular flexibility index (Phi) is 4.22. The minimum absolute atomic E-state index is 0.0790. The third-order valence-electron chi connectivity index (χ3n) is 5.19. The molecule has 1 amide bonds. The van der Waals surface area contributed by atoms with Crippen molar-refractivity contribution in [1.82, 2.24) is 9.80 Å². The number of nitrogens with zero attached hydrogens (tertiary/aromatic N) is 3. The number of carbonyl (C=O) groups is 2. The highest BCUT2D eigenvalue weighted by Gasteiger charge is 2.48. The molecule has 0 saturated carbocycles. The molecule has 8 nitrogen and oxygen atoms in total. The zero-order valence-corrected chi connectivity index (χ0v) is 15.0. The van der Waals surface area contributed by atoms with Gasteiger partial charge in [0.2, 0.25) is 0 Å². The van der Waals surface area contributed by atoms with E-state index >= 15 is 0 Å². The summed E-state index contributed by atoms with van der Waals surface area (Å²) in [6.07, 6.45) is 5.06. The molecule has 0 radical (unpaired) electrons. The summed E-state index contributed by atoms with van der Waals surface area (Å²) in [5, 5.41) is 9.60. The maximum Gasteiger partial charge on any atom is 0.311 e.